The highest BCUT2D eigenvalue weighted by molar-refractivity contribution is 7.86. The summed E-state index contributed by atoms with van der Waals surface area (Å²) in [6.07, 6.45) is -1.20. The number of nitrogens with zero attached hydrogens (tertiary/aromatic N) is 1. The molecule has 0 aromatic heterocycles. The Morgan fingerprint density at radius 2 is 1.06 bits per heavy atom. The summed E-state index contributed by atoms with van der Waals surface area (Å²) < 4.78 is 53.8. The van der Waals surface area contributed by atoms with E-state index in [1.54, 1.807) is 72.8 Å². The molecule has 0 saturated heterocycles. The summed E-state index contributed by atoms with van der Waals surface area (Å²) in [7, 11) is -4.64. The normalized spacial score (nSPS) is 11.7. The van der Waals surface area contributed by atoms with Gasteiger partial charge in [0.25, 0.3) is 10.1 Å². The first-order valence-corrected chi connectivity index (χ1v) is 22.6. The second-order valence-electron chi connectivity index (χ2n) is 16.2. The van der Waals surface area contributed by atoms with E-state index in [4.69, 9.17) is 18.9 Å². The van der Waals surface area contributed by atoms with Crippen molar-refractivity contribution >= 4 is 61.7 Å². The molecule has 8 rings (SSSR count). The molecule has 0 bridgehead atoms. The van der Waals surface area contributed by atoms with Gasteiger partial charge in [0.15, 0.2) is 0 Å². The standard InChI is InChI=1S/C53H48N4O8S/c1-29-33(5)50(56-52(58)63-39-17-11-9-12-18-39)34(6)30(2)48(29)54-37-23-25-41-44(27-37)65-45-28-38(24-26-42(45)47(41)43-21-15-16-22-46(43)66(60,61)62)55-49-31(3)35(7)51(36(8)32(49)4)57-53(59)64-40-19-13-10-14-20-40/h9-28,54H,1-8H3,(H,56,58)(H,57,59)(H,60,61,62). The lowest BCUT2D eigenvalue weighted by atomic mass is 9.93. The Morgan fingerprint density at radius 3 is 1.61 bits per heavy atom. The Balaban J connectivity index is 1.21. The molecule has 0 atom stereocenters. The third-order valence-electron chi connectivity index (χ3n) is 12.2. The van der Waals surface area contributed by atoms with Crippen LogP contribution in [-0.4, -0.2) is 25.2 Å². The average molecular weight is 901 g/mol. The van der Waals surface area contributed by atoms with Crippen molar-refractivity contribution in [2.45, 2.75) is 60.3 Å². The van der Waals surface area contributed by atoms with Crippen LogP contribution in [0.2, 0.25) is 0 Å². The third-order valence-corrected chi connectivity index (χ3v) is 13.1. The summed E-state index contributed by atoms with van der Waals surface area (Å²) in [5, 5.41) is 10.6. The fourth-order valence-electron chi connectivity index (χ4n) is 8.27. The summed E-state index contributed by atoms with van der Waals surface area (Å²) in [4.78, 5) is 30.7. The minimum absolute atomic E-state index is 0.244. The molecule has 0 unspecified atom stereocenters. The molecule has 4 N–H and O–H groups in total. The SMILES string of the molecule is Cc1c(C)c(NC(=O)Oc2ccccc2)c(C)c(C)c1N=c1ccc2c(-c3ccccc3S(=O)(=O)O)c3ccc(Nc4c(C)c(C)c(NC(=O)Oc5ccccc5)c(C)c4C)cc3oc-2c1. The van der Waals surface area contributed by atoms with Gasteiger partial charge in [-0.2, -0.15) is 8.42 Å². The topological polar surface area (TPSA) is 169 Å². The minimum Gasteiger partial charge on any atom is -0.456 e. The molecule has 66 heavy (non-hydrogen) atoms. The molecule has 0 radical (unpaired) electrons. The molecule has 334 valence electrons. The lowest BCUT2D eigenvalue weighted by molar-refractivity contribution is 0.214. The van der Waals surface area contributed by atoms with Gasteiger partial charge in [-0.15, -0.1) is 0 Å². The maximum atomic E-state index is 12.9. The predicted molar refractivity (Wildman–Crippen MR) is 260 cm³/mol. The van der Waals surface area contributed by atoms with Crippen molar-refractivity contribution in [1.29, 1.82) is 0 Å². The fraction of sp³-hybridized carbons (Fsp3) is 0.151. The Bertz CT molecular complexity index is 3330. The summed E-state index contributed by atoms with van der Waals surface area (Å²) in [6, 6.07) is 35.1. The van der Waals surface area contributed by atoms with Crippen LogP contribution in [0, 0.1) is 55.4 Å². The van der Waals surface area contributed by atoms with Crippen LogP contribution in [0.15, 0.2) is 136 Å². The molecular weight excluding hydrogens is 853 g/mol. The van der Waals surface area contributed by atoms with Crippen molar-refractivity contribution in [3.63, 3.8) is 0 Å². The molecule has 0 saturated carbocycles. The number of carbonyl (C=O) groups is 2. The second-order valence-corrected chi connectivity index (χ2v) is 17.6. The van der Waals surface area contributed by atoms with Gasteiger partial charge in [0.2, 0.25) is 0 Å². The zero-order valence-electron chi connectivity index (χ0n) is 37.7. The summed E-state index contributed by atoms with van der Waals surface area (Å²) in [5.41, 5.74) is 12.3. The molecule has 13 heteroatoms. The fourth-order valence-corrected chi connectivity index (χ4v) is 8.97. The number of para-hydroxylation sites is 2. The van der Waals surface area contributed by atoms with E-state index in [0.717, 1.165) is 55.9 Å². The van der Waals surface area contributed by atoms with Gasteiger partial charge in [0.05, 0.1) is 22.4 Å². The van der Waals surface area contributed by atoms with Crippen molar-refractivity contribution < 1.29 is 36.5 Å². The van der Waals surface area contributed by atoms with Gasteiger partial charge in [0.1, 0.15) is 27.7 Å². The van der Waals surface area contributed by atoms with Gasteiger partial charge in [-0.05, 0) is 154 Å². The number of fused-ring (bicyclic) bond motifs is 2. The first kappa shape index (κ1) is 44.9. The number of amides is 2. The molecule has 2 amide bonds. The molecule has 2 aliphatic rings. The first-order chi connectivity index (χ1) is 31.5. The van der Waals surface area contributed by atoms with Crippen molar-refractivity contribution in [3.05, 3.63) is 171 Å². The van der Waals surface area contributed by atoms with Gasteiger partial charge in [-0.25, -0.2) is 14.6 Å². The number of rotatable bonds is 9. The molecule has 6 aromatic carbocycles. The number of carbonyl (C=O) groups excluding carboxylic acids is 2. The maximum absolute atomic E-state index is 12.9. The molecule has 12 nitrogen and oxygen atoms in total. The van der Waals surface area contributed by atoms with Crippen LogP contribution in [0.4, 0.5) is 38.0 Å². The summed E-state index contributed by atoms with van der Waals surface area (Å²) in [6.45, 7) is 15.6. The molecule has 1 aliphatic heterocycles. The van der Waals surface area contributed by atoms with E-state index >= 15 is 0 Å². The van der Waals surface area contributed by atoms with E-state index in [9.17, 15) is 22.6 Å². The zero-order chi connectivity index (χ0) is 47.0. The number of benzene rings is 7. The number of anilines is 4. The summed E-state index contributed by atoms with van der Waals surface area (Å²) >= 11 is 0. The van der Waals surface area contributed by atoms with Crippen LogP contribution < -0.4 is 30.8 Å². The average Bonchev–Trinajstić information content (AvgIpc) is 3.30. The number of nitrogens with one attached hydrogen (secondary N) is 3. The van der Waals surface area contributed by atoms with Gasteiger partial charge >= 0.3 is 12.2 Å². The third kappa shape index (κ3) is 8.86. The second kappa shape index (κ2) is 18.0. The zero-order valence-corrected chi connectivity index (χ0v) is 38.5. The summed E-state index contributed by atoms with van der Waals surface area (Å²) in [5.74, 6) is 1.28. The Kier molecular flexibility index (Phi) is 12.3. The Morgan fingerprint density at radius 1 is 0.561 bits per heavy atom. The number of ether oxygens (including phenoxy) is 2. The van der Waals surface area contributed by atoms with Crippen LogP contribution in [0.25, 0.3) is 33.4 Å². The van der Waals surface area contributed by atoms with Crippen LogP contribution in [0.3, 0.4) is 0 Å². The lowest BCUT2D eigenvalue weighted by Gasteiger charge is -2.22. The van der Waals surface area contributed by atoms with Crippen LogP contribution in [0.5, 0.6) is 11.5 Å². The van der Waals surface area contributed by atoms with Gasteiger partial charge < -0.3 is 19.2 Å². The van der Waals surface area contributed by atoms with E-state index in [1.165, 1.54) is 6.07 Å². The molecule has 0 spiro atoms. The van der Waals surface area contributed by atoms with E-state index in [-0.39, 0.29) is 4.90 Å². The highest BCUT2D eigenvalue weighted by Crippen LogP contribution is 2.44. The van der Waals surface area contributed by atoms with Gasteiger partial charge in [-0.1, -0.05) is 54.6 Å². The molecular formula is C53H48N4O8S. The highest BCUT2D eigenvalue weighted by atomic mass is 32.2. The van der Waals surface area contributed by atoms with Crippen LogP contribution >= 0.6 is 0 Å². The smallest absolute Gasteiger partial charge is 0.417 e. The van der Waals surface area contributed by atoms with Gasteiger partial charge in [0, 0.05) is 45.6 Å². The largest absolute Gasteiger partial charge is 0.456 e. The van der Waals surface area contributed by atoms with E-state index in [0.29, 0.717) is 67.3 Å². The quantitative estimate of drug-likeness (QED) is 0.0814. The van der Waals surface area contributed by atoms with Crippen LogP contribution in [-0.2, 0) is 10.1 Å². The van der Waals surface area contributed by atoms with Crippen LogP contribution in [0.1, 0.15) is 44.5 Å². The monoisotopic (exact) mass is 900 g/mol. The number of hydrogen-bond donors (Lipinski definition) is 4. The minimum atomic E-state index is -4.64. The maximum Gasteiger partial charge on any atom is 0.417 e. The molecule has 6 aromatic rings. The van der Waals surface area contributed by atoms with Crippen molar-refractivity contribution in [3.8, 4) is 33.9 Å². The van der Waals surface area contributed by atoms with E-state index in [1.807, 2.05) is 97.9 Å². The Hall–Kier alpha value is -7.74. The lowest BCUT2D eigenvalue weighted by Crippen LogP contribution is -2.19. The van der Waals surface area contributed by atoms with E-state index < -0.39 is 22.3 Å². The molecule has 1 heterocycles. The van der Waals surface area contributed by atoms with E-state index in [2.05, 4.69) is 16.0 Å². The van der Waals surface area contributed by atoms with Gasteiger partial charge in [-0.3, -0.25) is 15.2 Å². The molecule has 1 aliphatic carbocycles. The van der Waals surface area contributed by atoms with Crippen molar-refractivity contribution in [1.82, 2.24) is 0 Å². The molecule has 0 fully saturated rings. The Labute approximate surface area is 383 Å². The van der Waals surface area contributed by atoms with Crippen molar-refractivity contribution in [2.75, 3.05) is 16.0 Å². The van der Waals surface area contributed by atoms with Crippen molar-refractivity contribution in [2.24, 2.45) is 4.99 Å². The predicted octanol–water partition coefficient (Wildman–Crippen LogP) is 13.1. The highest BCUT2D eigenvalue weighted by Gasteiger charge is 2.25. The number of hydrogen-bond acceptors (Lipinski definition) is 9. The first-order valence-electron chi connectivity index (χ1n) is 21.2.